The Labute approximate surface area is 108 Å². The van der Waals surface area contributed by atoms with Gasteiger partial charge < -0.3 is 0 Å². The molecule has 0 radical (unpaired) electrons. The van der Waals surface area contributed by atoms with Gasteiger partial charge in [0.15, 0.2) is 0 Å². The molecule has 18 heavy (non-hydrogen) atoms. The number of halogens is 2. The lowest BCUT2D eigenvalue weighted by Gasteiger charge is -2.14. The van der Waals surface area contributed by atoms with Gasteiger partial charge in [-0.2, -0.15) is 0 Å². The van der Waals surface area contributed by atoms with E-state index in [9.17, 15) is 8.78 Å². The van der Waals surface area contributed by atoms with E-state index in [2.05, 4.69) is 10.4 Å². The summed E-state index contributed by atoms with van der Waals surface area (Å²) < 4.78 is 27.1. The van der Waals surface area contributed by atoms with Crippen LogP contribution in [0.25, 0.3) is 0 Å². The quantitative estimate of drug-likeness (QED) is 0.662. The predicted octanol–water partition coefficient (Wildman–Crippen LogP) is 2.48. The van der Waals surface area contributed by atoms with Gasteiger partial charge in [-0.05, 0) is 25.5 Å². The van der Waals surface area contributed by atoms with Gasteiger partial charge in [0, 0.05) is 16.6 Å². The number of hydrogen-bond donors (Lipinski definition) is 2. The lowest BCUT2D eigenvalue weighted by Crippen LogP contribution is -2.29. The zero-order chi connectivity index (χ0) is 13.1. The summed E-state index contributed by atoms with van der Waals surface area (Å²) in [4.78, 5) is 4.97. The van der Waals surface area contributed by atoms with Gasteiger partial charge in [-0.15, -0.1) is 11.3 Å². The SMILES string of the molecule is Cc1ncc(C(Cc2c(F)cccc2F)NN)s1. The summed E-state index contributed by atoms with van der Waals surface area (Å²) in [6, 6.07) is 3.48. The minimum atomic E-state index is -0.559. The second-order valence-electron chi connectivity index (χ2n) is 3.91. The maximum atomic E-state index is 13.5. The van der Waals surface area contributed by atoms with Crippen molar-refractivity contribution in [3.8, 4) is 0 Å². The fraction of sp³-hybridized carbons (Fsp3) is 0.250. The number of nitrogens with one attached hydrogen (secondary N) is 1. The molecule has 1 unspecified atom stereocenters. The summed E-state index contributed by atoms with van der Waals surface area (Å²) in [6.45, 7) is 1.87. The predicted molar refractivity (Wildman–Crippen MR) is 67.0 cm³/mol. The summed E-state index contributed by atoms with van der Waals surface area (Å²) in [6.07, 6.45) is 1.82. The minimum Gasteiger partial charge on any atom is -0.271 e. The molecule has 6 heteroatoms. The zero-order valence-corrected chi connectivity index (χ0v) is 10.6. The number of hydrogen-bond acceptors (Lipinski definition) is 4. The number of thiazole rings is 1. The third kappa shape index (κ3) is 2.72. The molecule has 1 heterocycles. The van der Waals surface area contributed by atoms with Crippen LogP contribution in [0.4, 0.5) is 8.78 Å². The molecule has 0 aliphatic rings. The van der Waals surface area contributed by atoms with Crippen molar-refractivity contribution in [2.75, 3.05) is 0 Å². The maximum absolute atomic E-state index is 13.5. The van der Waals surface area contributed by atoms with Crippen LogP contribution in [0.2, 0.25) is 0 Å². The van der Waals surface area contributed by atoms with Gasteiger partial charge in [-0.3, -0.25) is 11.3 Å². The molecule has 1 aromatic carbocycles. The average molecular weight is 269 g/mol. The molecule has 2 aromatic rings. The van der Waals surface area contributed by atoms with Crippen LogP contribution in [0, 0.1) is 18.6 Å². The molecule has 0 aliphatic heterocycles. The van der Waals surface area contributed by atoms with Crippen molar-refractivity contribution in [3.63, 3.8) is 0 Å². The Bertz CT molecular complexity index is 522. The highest BCUT2D eigenvalue weighted by molar-refractivity contribution is 7.11. The Hall–Kier alpha value is -1.37. The van der Waals surface area contributed by atoms with Crippen LogP contribution in [-0.2, 0) is 6.42 Å². The third-order valence-electron chi connectivity index (χ3n) is 2.65. The molecule has 0 amide bonds. The highest BCUT2D eigenvalue weighted by Gasteiger charge is 2.18. The van der Waals surface area contributed by atoms with Crippen LogP contribution < -0.4 is 11.3 Å². The van der Waals surface area contributed by atoms with Crippen molar-refractivity contribution in [2.24, 2.45) is 5.84 Å². The first kappa shape index (κ1) is 13.1. The van der Waals surface area contributed by atoms with Gasteiger partial charge in [0.05, 0.1) is 11.0 Å². The second-order valence-corrected chi connectivity index (χ2v) is 5.17. The number of nitrogens with zero attached hydrogens (tertiary/aromatic N) is 1. The largest absolute Gasteiger partial charge is 0.271 e. The Balaban J connectivity index is 2.26. The van der Waals surface area contributed by atoms with Gasteiger partial charge in [-0.1, -0.05) is 6.07 Å². The third-order valence-corrected chi connectivity index (χ3v) is 3.68. The first-order valence-corrected chi connectivity index (χ1v) is 6.25. The topological polar surface area (TPSA) is 50.9 Å². The fourth-order valence-corrected chi connectivity index (χ4v) is 2.56. The summed E-state index contributed by atoms with van der Waals surface area (Å²) in [7, 11) is 0. The van der Waals surface area contributed by atoms with E-state index in [0.29, 0.717) is 0 Å². The van der Waals surface area contributed by atoms with E-state index in [1.165, 1.54) is 29.5 Å². The average Bonchev–Trinajstić information content (AvgIpc) is 2.76. The van der Waals surface area contributed by atoms with Crippen LogP contribution in [0.1, 0.15) is 21.5 Å². The summed E-state index contributed by atoms with van der Waals surface area (Å²) in [5, 5.41) is 0.888. The van der Waals surface area contributed by atoms with Crippen molar-refractivity contribution in [3.05, 3.63) is 51.5 Å². The van der Waals surface area contributed by atoms with E-state index >= 15 is 0 Å². The number of aryl methyl sites for hydroxylation is 1. The van der Waals surface area contributed by atoms with Gasteiger partial charge in [0.2, 0.25) is 0 Å². The summed E-state index contributed by atoms with van der Waals surface area (Å²) in [5.74, 6) is 4.33. The highest BCUT2D eigenvalue weighted by atomic mass is 32.1. The Morgan fingerprint density at radius 1 is 1.39 bits per heavy atom. The van der Waals surface area contributed by atoms with Crippen molar-refractivity contribution in [1.29, 1.82) is 0 Å². The molecule has 96 valence electrons. The molecular weight excluding hydrogens is 256 g/mol. The van der Waals surface area contributed by atoms with Crippen LogP contribution in [-0.4, -0.2) is 4.98 Å². The molecule has 0 aliphatic carbocycles. The minimum absolute atomic E-state index is 0.0338. The van der Waals surface area contributed by atoms with Gasteiger partial charge in [0.1, 0.15) is 11.6 Å². The standard InChI is InChI=1S/C12H13F2N3S/c1-7-16-6-12(18-7)11(17-15)5-8-9(13)3-2-4-10(8)14/h2-4,6,11,17H,5,15H2,1H3. The van der Waals surface area contributed by atoms with Crippen LogP contribution in [0.15, 0.2) is 24.4 Å². The molecule has 3 nitrogen and oxygen atoms in total. The molecule has 0 bridgehead atoms. The Morgan fingerprint density at radius 2 is 2.06 bits per heavy atom. The normalized spacial score (nSPS) is 12.7. The van der Waals surface area contributed by atoms with Crippen molar-refractivity contribution < 1.29 is 8.78 Å². The lowest BCUT2D eigenvalue weighted by atomic mass is 10.0. The van der Waals surface area contributed by atoms with Crippen LogP contribution >= 0.6 is 11.3 Å². The number of rotatable bonds is 4. The molecule has 1 aromatic heterocycles. The highest BCUT2D eigenvalue weighted by Crippen LogP contribution is 2.25. The zero-order valence-electron chi connectivity index (χ0n) is 9.78. The molecule has 1 atom stereocenters. The van der Waals surface area contributed by atoms with Crippen LogP contribution in [0.3, 0.4) is 0 Å². The molecular formula is C12H13F2N3S. The molecule has 2 rings (SSSR count). The summed E-state index contributed by atoms with van der Waals surface area (Å²) >= 11 is 1.45. The van der Waals surface area contributed by atoms with Crippen molar-refractivity contribution in [2.45, 2.75) is 19.4 Å². The summed E-state index contributed by atoms with van der Waals surface area (Å²) in [5.41, 5.74) is 2.61. The number of benzene rings is 1. The van der Waals surface area contributed by atoms with Gasteiger partial charge in [0.25, 0.3) is 0 Å². The number of nitrogens with two attached hydrogens (primary N) is 1. The van der Waals surface area contributed by atoms with E-state index in [0.717, 1.165) is 9.88 Å². The molecule has 0 spiro atoms. The maximum Gasteiger partial charge on any atom is 0.129 e. The monoisotopic (exact) mass is 269 g/mol. The number of hydrazine groups is 1. The fourth-order valence-electron chi connectivity index (χ4n) is 1.71. The van der Waals surface area contributed by atoms with Crippen molar-refractivity contribution >= 4 is 11.3 Å². The van der Waals surface area contributed by atoms with E-state index in [-0.39, 0.29) is 18.0 Å². The van der Waals surface area contributed by atoms with Gasteiger partial charge in [-0.25, -0.2) is 13.8 Å². The van der Waals surface area contributed by atoms with E-state index in [4.69, 9.17) is 5.84 Å². The van der Waals surface area contributed by atoms with Crippen molar-refractivity contribution in [1.82, 2.24) is 10.4 Å². The molecule has 0 fully saturated rings. The Kier molecular flexibility index (Phi) is 4.00. The first-order valence-electron chi connectivity index (χ1n) is 5.43. The lowest BCUT2D eigenvalue weighted by molar-refractivity contribution is 0.504. The van der Waals surface area contributed by atoms with E-state index < -0.39 is 11.6 Å². The van der Waals surface area contributed by atoms with Crippen LogP contribution in [0.5, 0.6) is 0 Å². The first-order chi connectivity index (χ1) is 8.61. The van der Waals surface area contributed by atoms with Gasteiger partial charge >= 0.3 is 0 Å². The van der Waals surface area contributed by atoms with E-state index in [1.54, 1.807) is 6.20 Å². The molecule has 3 N–H and O–H groups in total. The Morgan fingerprint density at radius 3 is 2.56 bits per heavy atom. The second kappa shape index (κ2) is 5.51. The molecule has 0 saturated heterocycles. The number of aromatic nitrogens is 1. The smallest absolute Gasteiger partial charge is 0.129 e. The molecule has 0 saturated carbocycles. The van der Waals surface area contributed by atoms with E-state index in [1.807, 2.05) is 6.92 Å².